The summed E-state index contributed by atoms with van der Waals surface area (Å²) in [5, 5.41) is 11.0. The average Bonchev–Trinajstić information content (AvgIpc) is 2.88. The molecule has 0 atom stereocenters. The number of hydrogen-bond acceptors (Lipinski definition) is 3. The molecule has 0 radical (unpaired) electrons. The van der Waals surface area contributed by atoms with Crippen molar-refractivity contribution in [2.75, 3.05) is 5.32 Å². The summed E-state index contributed by atoms with van der Waals surface area (Å²) in [6.45, 7) is 0. The lowest BCUT2D eigenvalue weighted by Gasteiger charge is -2.06. The number of nitrogens with zero attached hydrogens (tertiary/aromatic N) is 2. The van der Waals surface area contributed by atoms with Gasteiger partial charge in [0.2, 0.25) is 5.91 Å². The van der Waals surface area contributed by atoms with Crippen LogP contribution in [0.25, 0.3) is 10.9 Å². The molecule has 0 bridgehead atoms. The molecule has 100 valence electrons. The first-order chi connectivity index (χ1) is 9.72. The van der Waals surface area contributed by atoms with E-state index in [4.69, 9.17) is 11.6 Å². The predicted molar refractivity (Wildman–Crippen MR) is 77.7 cm³/mol. The van der Waals surface area contributed by atoms with E-state index in [0.717, 1.165) is 16.5 Å². The van der Waals surface area contributed by atoms with Gasteiger partial charge < -0.3 is 5.32 Å². The van der Waals surface area contributed by atoms with E-state index in [9.17, 15) is 4.79 Å². The fourth-order valence-electron chi connectivity index (χ4n) is 1.99. The Morgan fingerprint density at radius 3 is 3.05 bits per heavy atom. The van der Waals surface area contributed by atoms with E-state index in [2.05, 4.69) is 20.5 Å². The first kappa shape index (κ1) is 12.6. The monoisotopic (exact) mass is 286 g/mol. The number of pyridine rings is 1. The van der Waals surface area contributed by atoms with Gasteiger partial charge in [-0.15, -0.1) is 0 Å². The van der Waals surface area contributed by atoms with Crippen LogP contribution in [-0.2, 0) is 11.2 Å². The third-order valence-corrected chi connectivity index (χ3v) is 3.13. The molecule has 0 saturated carbocycles. The van der Waals surface area contributed by atoms with Crippen LogP contribution in [0.15, 0.2) is 42.9 Å². The van der Waals surface area contributed by atoms with Crippen LogP contribution in [0, 0.1) is 0 Å². The van der Waals surface area contributed by atoms with Crippen LogP contribution < -0.4 is 5.32 Å². The maximum Gasteiger partial charge on any atom is 0.228 e. The number of fused-ring (bicyclic) bond motifs is 1. The quantitative estimate of drug-likeness (QED) is 0.778. The Morgan fingerprint density at radius 2 is 2.20 bits per heavy atom. The summed E-state index contributed by atoms with van der Waals surface area (Å²) in [4.78, 5) is 16.1. The lowest BCUT2D eigenvalue weighted by Crippen LogP contribution is -2.14. The fraction of sp³-hybridized carbons (Fsp3) is 0.0714. The van der Waals surface area contributed by atoms with Crippen LogP contribution in [0.5, 0.6) is 0 Å². The number of carbonyl (C=O) groups excluding carboxylic acids is 1. The predicted octanol–water partition coefficient (Wildman–Crippen LogP) is 2.79. The van der Waals surface area contributed by atoms with E-state index in [0.29, 0.717) is 10.7 Å². The summed E-state index contributed by atoms with van der Waals surface area (Å²) < 4.78 is 0. The highest BCUT2D eigenvalue weighted by Crippen LogP contribution is 2.20. The molecule has 0 aliphatic carbocycles. The Balaban J connectivity index is 1.77. The van der Waals surface area contributed by atoms with Gasteiger partial charge in [0.15, 0.2) is 0 Å². The van der Waals surface area contributed by atoms with E-state index in [1.165, 1.54) is 0 Å². The zero-order valence-corrected chi connectivity index (χ0v) is 11.2. The van der Waals surface area contributed by atoms with Crippen LogP contribution in [-0.4, -0.2) is 21.1 Å². The van der Waals surface area contributed by atoms with E-state index >= 15 is 0 Å². The van der Waals surface area contributed by atoms with Gasteiger partial charge in [0.1, 0.15) is 0 Å². The van der Waals surface area contributed by atoms with E-state index in [1.54, 1.807) is 30.7 Å². The SMILES string of the molecule is O=C(Cc1cccc(Cl)c1)Nc1cncc2[nH]ncc12. The first-order valence-electron chi connectivity index (χ1n) is 6.04. The van der Waals surface area contributed by atoms with Crippen LogP contribution in [0.4, 0.5) is 5.69 Å². The second kappa shape index (κ2) is 5.30. The summed E-state index contributed by atoms with van der Waals surface area (Å²) in [5.41, 5.74) is 2.29. The minimum absolute atomic E-state index is 0.122. The van der Waals surface area contributed by atoms with Crippen molar-refractivity contribution in [3.05, 3.63) is 53.4 Å². The van der Waals surface area contributed by atoms with Crippen molar-refractivity contribution in [1.82, 2.24) is 15.2 Å². The van der Waals surface area contributed by atoms with Gasteiger partial charge in [0.25, 0.3) is 0 Å². The van der Waals surface area contributed by atoms with Gasteiger partial charge in [0.05, 0.1) is 36.2 Å². The number of anilines is 1. The van der Waals surface area contributed by atoms with Crippen LogP contribution >= 0.6 is 11.6 Å². The maximum absolute atomic E-state index is 12.0. The molecule has 5 nitrogen and oxygen atoms in total. The summed E-state index contributed by atoms with van der Waals surface area (Å²) >= 11 is 5.90. The zero-order chi connectivity index (χ0) is 13.9. The summed E-state index contributed by atoms with van der Waals surface area (Å²) in [7, 11) is 0. The van der Waals surface area contributed by atoms with Crippen molar-refractivity contribution in [2.24, 2.45) is 0 Å². The molecular formula is C14H11ClN4O. The lowest BCUT2D eigenvalue weighted by atomic mass is 10.1. The van der Waals surface area contributed by atoms with Crippen molar-refractivity contribution in [1.29, 1.82) is 0 Å². The summed E-state index contributed by atoms with van der Waals surface area (Å²) in [6.07, 6.45) is 5.18. The highest BCUT2D eigenvalue weighted by molar-refractivity contribution is 6.30. The minimum atomic E-state index is -0.122. The van der Waals surface area contributed by atoms with E-state index in [1.807, 2.05) is 12.1 Å². The number of hydrogen-bond donors (Lipinski definition) is 2. The van der Waals surface area contributed by atoms with Gasteiger partial charge in [0, 0.05) is 10.4 Å². The molecule has 20 heavy (non-hydrogen) atoms. The Bertz CT molecular complexity index is 768. The molecule has 1 amide bonds. The van der Waals surface area contributed by atoms with Crippen molar-refractivity contribution in [2.45, 2.75) is 6.42 Å². The molecule has 2 N–H and O–H groups in total. The number of H-pyrrole nitrogens is 1. The number of rotatable bonds is 3. The number of aromatic nitrogens is 3. The third-order valence-electron chi connectivity index (χ3n) is 2.89. The maximum atomic E-state index is 12.0. The number of nitrogens with one attached hydrogen (secondary N) is 2. The Kier molecular flexibility index (Phi) is 3.35. The van der Waals surface area contributed by atoms with Gasteiger partial charge in [-0.25, -0.2) is 0 Å². The average molecular weight is 287 g/mol. The molecule has 6 heteroatoms. The molecule has 2 aromatic heterocycles. The molecule has 0 spiro atoms. The second-order valence-electron chi connectivity index (χ2n) is 4.37. The zero-order valence-electron chi connectivity index (χ0n) is 10.4. The van der Waals surface area contributed by atoms with Gasteiger partial charge in [-0.2, -0.15) is 5.10 Å². The van der Waals surface area contributed by atoms with Gasteiger partial charge in [-0.1, -0.05) is 23.7 Å². The molecule has 0 aliphatic rings. The van der Waals surface area contributed by atoms with E-state index < -0.39 is 0 Å². The number of amides is 1. The van der Waals surface area contributed by atoms with Crippen molar-refractivity contribution in [3.8, 4) is 0 Å². The standard InChI is InChI=1S/C14H11ClN4O/c15-10-3-1-2-9(4-10)5-14(20)18-12-7-16-8-13-11(12)6-17-19-13/h1-4,6-8H,5H2,(H,17,19)(H,18,20). The van der Waals surface area contributed by atoms with Crippen molar-refractivity contribution >= 4 is 34.1 Å². The molecule has 3 aromatic rings. The highest BCUT2D eigenvalue weighted by atomic mass is 35.5. The second-order valence-corrected chi connectivity index (χ2v) is 4.81. The number of aromatic amines is 1. The molecule has 1 aromatic carbocycles. The summed E-state index contributed by atoms with van der Waals surface area (Å²) in [5.74, 6) is -0.122. The molecule has 0 saturated heterocycles. The number of halogens is 1. The topological polar surface area (TPSA) is 70.7 Å². The number of benzene rings is 1. The number of carbonyl (C=O) groups is 1. The normalized spacial score (nSPS) is 10.7. The Hall–Kier alpha value is -2.40. The lowest BCUT2D eigenvalue weighted by molar-refractivity contribution is -0.115. The minimum Gasteiger partial charge on any atom is -0.324 e. The molecule has 2 heterocycles. The summed E-state index contributed by atoms with van der Waals surface area (Å²) in [6, 6.07) is 7.24. The fourth-order valence-corrected chi connectivity index (χ4v) is 2.20. The molecule has 3 rings (SSSR count). The van der Waals surface area contributed by atoms with Crippen molar-refractivity contribution < 1.29 is 4.79 Å². The largest absolute Gasteiger partial charge is 0.324 e. The molecular weight excluding hydrogens is 276 g/mol. The third kappa shape index (κ3) is 2.62. The highest BCUT2D eigenvalue weighted by Gasteiger charge is 2.08. The Morgan fingerprint density at radius 1 is 1.30 bits per heavy atom. The molecule has 0 aliphatic heterocycles. The van der Waals surface area contributed by atoms with Gasteiger partial charge >= 0.3 is 0 Å². The van der Waals surface area contributed by atoms with E-state index in [-0.39, 0.29) is 12.3 Å². The first-order valence-corrected chi connectivity index (χ1v) is 6.41. The van der Waals surface area contributed by atoms with Crippen LogP contribution in [0.1, 0.15) is 5.56 Å². The van der Waals surface area contributed by atoms with Gasteiger partial charge in [-0.05, 0) is 17.7 Å². The van der Waals surface area contributed by atoms with Crippen LogP contribution in [0.2, 0.25) is 5.02 Å². The van der Waals surface area contributed by atoms with Gasteiger partial charge in [-0.3, -0.25) is 14.9 Å². The molecule has 0 unspecified atom stereocenters. The molecule has 0 fully saturated rings. The van der Waals surface area contributed by atoms with Crippen molar-refractivity contribution in [3.63, 3.8) is 0 Å². The Labute approximate surface area is 120 Å². The van der Waals surface area contributed by atoms with Crippen LogP contribution in [0.3, 0.4) is 0 Å². The smallest absolute Gasteiger partial charge is 0.228 e.